The van der Waals surface area contributed by atoms with E-state index in [1.807, 2.05) is 4.68 Å². The Kier molecular flexibility index (Phi) is 5.13. The van der Waals surface area contributed by atoms with Gasteiger partial charge >= 0.3 is 0 Å². The van der Waals surface area contributed by atoms with E-state index in [1.54, 1.807) is 0 Å². The molecule has 1 aromatic heterocycles. The number of hydrogen-bond acceptors (Lipinski definition) is 1. The second-order valence-electron chi connectivity index (χ2n) is 4.65. The van der Waals surface area contributed by atoms with Gasteiger partial charge in [0.1, 0.15) is 5.15 Å². The summed E-state index contributed by atoms with van der Waals surface area (Å²) in [5.74, 6) is 1.01. The van der Waals surface area contributed by atoms with Gasteiger partial charge < -0.3 is 0 Å². The molecule has 0 radical (unpaired) electrons. The summed E-state index contributed by atoms with van der Waals surface area (Å²) in [6.07, 6.45) is 1.95. The van der Waals surface area contributed by atoms with Crippen molar-refractivity contribution in [3.05, 3.63) is 16.4 Å². The van der Waals surface area contributed by atoms with Gasteiger partial charge in [-0.2, -0.15) is 5.10 Å². The van der Waals surface area contributed by atoms with E-state index in [1.165, 1.54) is 0 Å². The van der Waals surface area contributed by atoms with E-state index in [9.17, 15) is 0 Å². The summed E-state index contributed by atoms with van der Waals surface area (Å²) in [5, 5.41) is 5.30. The minimum absolute atomic E-state index is 0.329. The van der Waals surface area contributed by atoms with Crippen LogP contribution in [0.5, 0.6) is 0 Å². The molecule has 1 rings (SSSR count). The molecule has 4 heteroatoms. The first-order valence-electron chi connectivity index (χ1n) is 5.82. The lowest BCUT2D eigenvalue weighted by atomic mass is 10.1. The molecule has 0 amide bonds. The van der Waals surface area contributed by atoms with Gasteiger partial charge in [-0.25, -0.2) is 0 Å². The van der Waals surface area contributed by atoms with E-state index in [-0.39, 0.29) is 0 Å². The molecule has 0 aromatic carbocycles. The molecule has 0 aliphatic carbocycles. The zero-order valence-electron chi connectivity index (χ0n) is 10.4. The van der Waals surface area contributed by atoms with E-state index in [4.69, 9.17) is 23.2 Å². The molecule has 1 unspecified atom stereocenters. The molecule has 2 nitrogen and oxygen atoms in total. The van der Waals surface area contributed by atoms with E-state index in [2.05, 4.69) is 32.8 Å². The quantitative estimate of drug-likeness (QED) is 0.718. The monoisotopic (exact) mass is 262 g/mol. The fraction of sp³-hybridized carbons (Fsp3) is 0.750. The first-order valence-corrected chi connectivity index (χ1v) is 6.74. The first kappa shape index (κ1) is 13.9. The number of alkyl halides is 1. The predicted octanol–water partition coefficient (Wildman–Crippen LogP) is 4.44. The number of hydrogen-bond donors (Lipinski definition) is 0. The van der Waals surface area contributed by atoms with E-state index >= 15 is 0 Å². The Labute approximate surface area is 108 Å². The largest absolute Gasteiger partial charge is 0.251 e. The van der Waals surface area contributed by atoms with Crippen molar-refractivity contribution < 1.29 is 0 Å². The number of aromatic nitrogens is 2. The minimum Gasteiger partial charge on any atom is -0.251 e. The molecule has 0 N–H and O–H groups in total. The smallest absolute Gasteiger partial charge is 0.132 e. The fourth-order valence-electron chi connectivity index (χ4n) is 1.64. The lowest BCUT2D eigenvalue weighted by Gasteiger charge is -2.10. The molecule has 0 saturated heterocycles. The average molecular weight is 263 g/mol. The third kappa shape index (κ3) is 2.92. The molecular formula is C12H20Cl2N2. The summed E-state index contributed by atoms with van der Waals surface area (Å²) in [6.45, 7) is 8.60. The van der Waals surface area contributed by atoms with Crippen molar-refractivity contribution in [1.29, 1.82) is 0 Å². The first-order chi connectivity index (χ1) is 7.51. The van der Waals surface area contributed by atoms with Crippen LogP contribution in [0.2, 0.25) is 5.15 Å². The summed E-state index contributed by atoms with van der Waals surface area (Å²) in [4.78, 5) is 0. The van der Waals surface area contributed by atoms with Crippen LogP contribution in [-0.2, 0) is 12.3 Å². The lowest BCUT2D eigenvalue weighted by molar-refractivity contribution is 0.470. The van der Waals surface area contributed by atoms with Crippen LogP contribution >= 0.6 is 23.2 Å². The van der Waals surface area contributed by atoms with Crippen molar-refractivity contribution in [3.63, 3.8) is 0 Å². The Morgan fingerprint density at radius 1 is 1.31 bits per heavy atom. The molecule has 0 spiro atoms. The third-order valence-electron chi connectivity index (χ3n) is 2.77. The van der Waals surface area contributed by atoms with E-state index in [0.29, 0.717) is 23.0 Å². The Morgan fingerprint density at radius 2 is 1.94 bits per heavy atom. The normalized spacial score (nSPS) is 13.4. The zero-order valence-corrected chi connectivity index (χ0v) is 11.9. The molecule has 0 saturated carbocycles. The van der Waals surface area contributed by atoms with Crippen LogP contribution in [0.4, 0.5) is 0 Å². The number of rotatable bonds is 5. The molecular weight excluding hydrogens is 243 g/mol. The summed E-state index contributed by atoms with van der Waals surface area (Å²) < 4.78 is 1.90. The highest BCUT2D eigenvalue weighted by atomic mass is 35.5. The Morgan fingerprint density at radius 3 is 2.38 bits per heavy atom. The second kappa shape index (κ2) is 5.92. The van der Waals surface area contributed by atoms with Gasteiger partial charge in [-0.3, -0.25) is 4.68 Å². The molecule has 0 fully saturated rings. The highest BCUT2D eigenvalue weighted by molar-refractivity contribution is 6.31. The molecule has 92 valence electrons. The second-order valence-corrected chi connectivity index (χ2v) is 5.27. The van der Waals surface area contributed by atoms with Gasteiger partial charge in [0.05, 0.1) is 17.6 Å². The Balaban J connectivity index is 3.09. The molecule has 0 aliphatic rings. The van der Waals surface area contributed by atoms with Crippen LogP contribution in [0.15, 0.2) is 0 Å². The lowest BCUT2D eigenvalue weighted by Crippen LogP contribution is -2.06. The molecule has 16 heavy (non-hydrogen) atoms. The molecule has 1 atom stereocenters. The Bertz CT molecular complexity index is 345. The predicted molar refractivity (Wildman–Crippen MR) is 70.3 cm³/mol. The molecule has 1 heterocycles. The van der Waals surface area contributed by atoms with Gasteiger partial charge in [-0.15, -0.1) is 11.6 Å². The summed E-state index contributed by atoms with van der Waals surface area (Å²) >= 11 is 12.2. The van der Waals surface area contributed by atoms with Crippen LogP contribution in [0.1, 0.15) is 51.4 Å². The zero-order chi connectivity index (χ0) is 12.3. The topological polar surface area (TPSA) is 17.8 Å². The van der Waals surface area contributed by atoms with Crippen LogP contribution in [0.25, 0.3) is 0 Å². The summed E-state index contributed by atoms with van der Waals surface area (Å²) in [7, 11) is 0. The van der Waals surface area contributed by atoms with Gasteiger partial charge in [-0.1, -0.05) is 32.4 Å². The van der Waals surface area contributed by atoms with Gasteiger partial charge in [0.15, 0.2) is 0 Å². The van der Waals surface area contributed by atoms with Gasteiger partial charge in [0, 0.05) is 5.56 Å². The van der Waals surface area contributed by atoms with Crippen molar-refractivity contribution in [2.24, 2.45) is 5.92 Å². The minimum atomic E-state index is 0.329. The van der Waals surface area contributed by atoms with Crippen molar-refractivity contribution in [1.82, 2.24) is 9.78 Å². The highest BCUT2D eigenvalue weighted by Gasteiger charge is 2.18. The third-order valence-corrected chi connectivity index (χ3v) is 3.44. The molecule has 0 bridgehead atoms. The molecule has 0 aliphatic heterocycles. The number of halogens is 2. The molecule has 1 aromatic rings. The van der Waals surface area contributed by atoms with Crippen LogP contribution in [-0.4, -0.2) is 9.78 Å². The van der Waals surface area contributed by atoms with Crippen LogP contribution in [0, 0.1) is 5.92 Å². The van der Waals surface area contributed by atoms with Gasteiger partial charge in [0.2, 0.25) is 0 Å². The Hall–Kier alpha value is -0.210. The van der Waals surface area contributed by atoms with Gasteiger partial charge in [0.25, 0.3) is 0 Å². The standard InChI is InChI=1S/C12H20Cl2N2/c1-5-9(4)16-12(14)10(7-13)11(15-16)6-8(2)3/h8-9H,5-7H2,1-4H3. The maximum atomic E-state index is 6.30. The van der Waals surface area contributed by atoms with Crippen molar-refractivity contribution >= 4 is 23.2 Å². The van der Waals surface area contributed by atoms with E-state index < -0.39 is 0 Å². The summed E-state index contributed by atoms with van der Waals surface area (Å²) in [5.41, 5.74) is 2.05. The maximum Gasteiger partial charge on any atom is 0.132 e. The van der Waals surface area contributed by atoms with E-state index in [0.717, 1.165) is 24.1 Å². The summed E-state index contributed by atoms with van der Waals surface area (Å²) in [6, 6.07) is 0.329. The SMILES string of the molecule is CCC(C)n1nc(CC(C)C)c(CCl)c1Cl. The van der Waals surface area contributed by atoms with Crippen molar-refractivity contribution in [3.8, 4) is 0 Å². The van der Waals surface area contributed by atoms with Gasteiger partial charge in [-0.05, 0) is 25.7 Å². The fourth-order valence-corrected chi connectivity index (χ4v) is 2.37. The van der Waals surface area contributed by atoms with Crippen LogP contribution < -0.4 is 0 Å². The maximum absolute atomic E-state index is 6.30. The van der Waals surface area contributed by atoms with Crippen molar-refractivity contribution in [2.75, 3.05) is 0 Å². The van der Waals surface area contributed by atoms with Crippen molar-refractivity contribution in [2.45, 2.75) is 52.5 Å². The highest BCUT2D eigenvalue weighted by Crippen LogP contribution is 2.27. The number of nitrogens with zero attached hydrogens (tertiary/aromatic N) is 2. The average Bonchev–Trinajstić information content (AvgIpc) is 2.53. The van der Waals surface area contributed by atoms with Crippen LogP contribution in [0.3, 0.4) is 0 Å².